The van der Waals surface area contributed by atoms with Crippen molar-refractivity contribution in [2.24, 2.45) is 5.92 Å². The van der Waals surface area contributed by atoms with Crippen LogP contribution in [0.4, 0.5) is 4.39 Å². The van der Waals surface area contributed by atoms with Gasteiger partial charge in [0.25, 0.3) is 0 Å². The minimum absolute atomic E-state index is 0.0133. The van der Waals surface area contributed by atoms with Crippen molar-refractivity contribution in [3.63, 3.8) is 0 Å². The lowest BCUT2D eigenvalue weighted by atomic mass is 9.78. The van der Waals surface area contributed by atoms with Crippen LogP contribution in [0.1, 0.15) is 49.7 Å². The lowest BCUT2D eigenvalue weighted by molar-refractivity contribution is -0.118. The summed E-state index contributed by atoms with van der Waals surface area (Å²) in [6.07, 6.45) is 4.29. The van der Waals surface area contributed by atoms with Crippen LogP contribution in [0, 0.1) is 18.7 Å². The van der Waals surface area contributed by atoms with E-state index in [2.05, 4.69) is 10.6 Å². The number of rotatable bonds is 7. The number of carbonyl (C=O) groups excluding carboxylic acids is 1. The molecule has 1 aliphatic rings. The maximum absolute atomic E-state index is 14.6. The zero-order chi connectivity index (χ0) is 19.9. The fraction of sp³-hybridized carbons (Fsp3) is 0.458. The Balaban J connectivity index is 1.85. The van der Waals surface area contributed by atoms with Crippen LogP contribution in [0.15, 0.2) is 42.5 Å². The minimum Gasteiger partial charge on any atom is -0.356 e. The number of piperidine rings is 1. The Hall–Kier alpha value is -2.20. The zero-order valence-electron chi connectivity index (χ0n) is 16.9. The maximum atomic E-state index is 14.6. The van der Waals surface area contributed by atoms with Gasteiger partial charge < -0.3 is 10.6 Å². The zero-order valence-corrected chi connectivity index (χ0v) is 16.9. The SMILES string of the molecule is CC(=O)NCCCC(c1ccc(F)c(-c2cccc(C)c2)c1)C1CCCNC1. The average Bonchev–Trinajstić information content (AvgIpc) is 2.69. The molecule has 0 aliphatic carbocycles. The van der Waals surface area contributed by atoms with E-state index < -0.39 is 0 Å². The van der Waals surface area contributed by atoms with Crippen molar-refractivity contribution in [2.75, 3.05) is 19.6 Å². The molecule has 3 nitrogen and oxygen atoms in total. The molecule has 1 fully saturated rings. The average molecular weight is 383 g/mol. The molecule has 0 spiro atoms. The molecule has 1 amide bonds. The van der Waals surface area contributed by atoms with Crippen molar-refractivity contribution in [3.05, 3.63) is 59.4 Å². The van der Waals surface area contributed by atoms with Crippen LogP contribution >= 0.6 is 0 Å². The summed E-state index contributed by atoms with van der Waals surface area (Å²) in [5.74, 6) is 0.750. The van der Waals surface area contributed by atoms with Gasteiger partial charge in [-0.15, -0.1) is 0 Å². The molecule has 0 bridgehead atoms. The molecule has 1 aliphatic heterocycles. The molecule has 1 saturated heterocycles. The number of carbonyl (C=O) groups is 1. The molecule has 2 N–H and O–H groups in total. The summed E-state index contributed by atoms with van der Waals surface area (Å²) in [5.41, 5.74) is 3.94. The summed E-state index contributed by atoms with van der Waals surface area (Å²) < 4.78 is 14.6. The number of benzene rings is 2. The highest BCUT2D eigenvalue weighted by molar-refractivity contribution is 5.72. The van der Waals surface area contributed by atoms with Gasteiger partial charge in [-0.3, -0.25) is 4.79 Å². The number of amides is 1. The van der Waals surface area contributed by atoms with Gasteiger partial charge in [-0.25, -0.2) is 4.39 Å². The molecule has 0 aromatic heterocycles. The Kier molecular flexibility index (Phi) is 7.21. The van der Waals surface area contributed by atoms with Crippen molar-refractivity contribution in [1.29, 1.82) is 0 Å². The number of hydrogen-bond acceptors (Lipinski definition) is 2. The Morgan fingerprint density at radius 2 is 2.14 bits per heavy atom. The first-order valence-corrected chi connectivity index (χ1v) is 10.4. The summed E-state index contributed by atoms with van der Waals surface area (Å²) in [7, 11) is 0. The molecule has 28 heavy (non-hydrogen) atoms. The Labute approximate surface area is 167 Å². The van der Waals surface area contributed by atoms with E-state index in [9.17, 15) is 9.18 Å². The van der Waals surface area contributed by atoms with Crippen molar-refractivity contribution in [1.82, 2.24) is 10.6 Å². The van der Waals surface area contributed by atoms with Gasteiger partial charge in [-0.2, -0.15) is 0 Å². The van der Waals surface area contributed by atoms with E-state index in [0.29, 0.717) is 23.9 Å². The Bertz CT molecular complexity index is 799. The number of nitrogens with one attached hydrogen (secondary N) is 2. The number of halogens is 1. The summed E-state index contributed by atoms with van der Waals surface area (Å²) >= 11 is 0. The van der Waals surface area contributed by atoms with Gasteiger partial charge in [0.15, 0.2) is 0 Å². The molecule has 0 saturated carbocycles. The van der Waals surface area contributed by atoms with Gasteiger partial charge in [0.05, 0.1) is 0 Å². The predicted octanol–water partition coefficient (Wildman–Crippen LogP) is 4.80. The largest absolute Gasteiger partial charge is 0.356 e. The highest BCUT2D eigenvalue weighted by Crippen LogP contribution is 2.36. The number of aryl methyl sites for hydroxylation is 1. The van der Waals surface area contributed by atoms with Gasteiger partial charge in [0.1, 0.15) is 5.82 Å². The van der Waals surface area contributed by atoms with Crippen molar-refractivity contribution in [3.8, 4) is 11.1 Å². The van der Waals surface area contributed by atoms with Gasteiger partial charge in [0, 0.05) is 19.0 Å². The first kappa shape index (κ1) is 20.5. The molecule has 2 aromatic carbocycles. The second kappa shape index (κ2) is 9.83. The molecule has 0 radical (unpaired) electrons. The van der Waals surface area contributed by atoms with Crippen molar-refractivity contribution < 1.29 is 9.18 Å². The normalized spacial score (nSPS) is 17.9. The third-order valence-electron chi connectivity index (χ3n) is 5.72. The topological polar surface area (TPSA) is 41.1 Å². The summed E-state index contributed by atoms with van der Waals surface area (Å²) in [6, 6.07) is 13.6. The van der Waals surface area contributed by atoms with Gasteiger partial charge in [-0.05, 0) is 80.8 Å². The number of hydrogen-bond donors (Lipinski definition) is 2. The highest BCUT2D eigenvalue weighted by atomic mass is 19.1. The molecule has 2 atom stereocenters. The third kappa shape index (κ3) is 5.41. The van der Waals surface area contributed by atoms with Crippen LogP contribution in [0.25, 0.3) is 11.1 Å². The highest BCUT2D eigenvalue weighted by Gasteiger charge is 2.25. The lowest BCUT2D eigenvalue weighted by Gasteiger charge is -2.31. The lowest BCUT2D eigenvalue weighted by Crippen LogP contribution is -2.33. The van der Waals surface area contributed by atoms with Crippen LogP contribution in [-0.2, 0) is 4.79 Å². The van der Waals surface area contributed by atoms with E-state index in [0.717, 1.165) is 37.1 Å². The molecule has 2 aromatic rings. The summed E-state index contributed by atoms with van der Waals surface area (Å²) in [6.45, 7) is 6.35. The first-order chi connectivity index (χ1) is 13.5. The van der Waals surface area contributed by atoms with Crippen LogP contribution in [0.2, 0.25) is 0 Å². The summed E-state index contributed by atoms with van der Waals surface area (Å²) in [4.78, 5) is 11.2. The van der Waals surface area contributed by atoms with E-state index in [1.165, 1.54) is 18.4 Å². The van der Waals surface area contributed by atoms with E-state index >= 15 is 0 Å². The molecular formula is C24H31FN2O. The van der Waals surface area contributed by atoms with Crippen molar-refractivity contribution >= 4 is 5.91 Å². The van der Waals surface area contributed by atoms with Crippen LogP contribution in [0.5, 0.6) is 0 Å². The smallest absolute Gasteiger partial charge is 0.216 e. The molecular weight excluding hydrogens is 351 g/mol. The van der Waals surface area contributed by atoms with Crippen LogP contribution in [0.3, 0.4) is 0 Å². The molecule has 1 heterocycles. The van der Waals surface area contributed by atoms with E-state index in [1.54, 1.807) is 13.0 Å². The van der Waals surface area contributed by atoms with Crippen molar-refractivity contribution in [2.45, 2.75) is 45.4 Å². The molecule has 3 rings (SSSR count). The fourth-order valence-corrected chi connectivity index (χ4v) is 4.29. The van der Waals surface area contributed by atoms with Gasteiger partial charge in [0.2, 0.25) is 5.91 Å². The Morgan fingerprint density at radius 1 is 1.29 bits per heavy atom. The van der Waals surface area contributed by atoms with Gasteiger partial charge >= 0.3 is 0 Å². The minimum atomic E-state index is -0.173. The maximum Gasteiger partial charge on any atom is 0.216 e. The monoisotopic (exact) mass is 382 g/mol. The quantitative estimate of drug-likeness (QED) is 0.675. The third-order valence-corrected chi connectivity index (χ3v) is 5.72. The molecule has 4 heteroatoms. The fourth-order valence-electron chi connectivity index (χ4n) is 4.29. The second-order valence-corrected chi connectivity index (χ2v) is 7.95. The van der Waals surface area contributed by atoms with E-state index in [4.69, 9.17) is 0 Å². The predicted molar refractivity (Wildman–Crippen MR) is 113 cm³/mol. The summed E-state index contributed by atoms with van der Waals surface area (Å²) in [5, 5.41) is 6.41. The van der Waals surface area contributed by atoms with E-state index in [1.807, 2.05) is 43.3 Å². The van der Waals surface area contributed by atoms with Gasteiger partial charge in [-0.1, -0.05) is 35.9 Å². The van der Waals surface area contributed by atoms with Crippen LogP contribution in [-0.4, -0.2) is 25.5 Å². The Morgan fingerprint density at radius 3 is 2.86 bits per heavy atom. The standard InChI is InChI=1S/C24H31FN2O/c1-17-6-3-7-19(14-17)23-15-20(10-11-24(23)25)22(9-5-13-27-18(2)28)21-8-4-12-26-16-21/h3,6-7,10-11,14-15,21-22,26H,4-5,8-9,12-13,16H2,1-2H3,(H,27,28). The van der Waals surface area contributed by atoms with Crippen LogP contribution < -0.4 is 10.6 Å². The first-order valence-electron chi connectivity index (χ1n) is 10.4. The van der Waals surface area contributed by atoms with E-state index in [-0.39, 0.29) is 11.7 Å². The second-order valence-electron chi connectivity index (χ2n) is 7.95. The molecule has 2 unspecified atom stereocenters. The molecule has 150 valence electrons.